The van der Waals surface area contributed by atoms with Crippen molar-refractivity contribution in [2.45, 2.75) is 6.61 Å². The maximum absolute atomic E-state index is 13.9. The second-order valence-electron chi connectivity index (χ2n) is 7.29. The van der Waals surface area contributed by atoms with E-state index in [-0.39, 0.29) is 23.0 Å². The first-order valence-corrected chi connectivity index (χ1v) is 10.2. The van der Waals surface area contributed by atoms with Crippen molar-refractivity contribution in [2.24, 2.45) is 5.73 Å². The molecule has 0 saturated heterocycles. The molecule has 2 aromatic heterocycles. The van der Waals surface area contributed by atoms with Gasteiger partial charge in [0, 0.05) is 24.0 Å². The number of fused-ring (bicyclic) bond motifs is 3. The molecule has 8 nitrogen and oxygen atoms in total. The van der Waals surface area contributed by atoms with Crippen molar-refractivity contribution in [3.8, 4) is 22.7 Å². The molecule has 0 unspecified atom stereocenters. The molecule has 4 N–H and O–H groups in total. The molecule has 2 amide bonds. The zero-order valence-corrected chi connectivity index (χ0v) is 17.7. The SMILES string of the molecule is NC(=O)c1[nH][n+](-c2cccc(F)c2)c2c1COc1ccc(NC(=O)c3cccnc3Cl)cc1-2. The van der Waals surface area contributed by atoms with E-state index in [2.05, 4.69) is 15.4 Å². The predicted molar refractivity (Wildman–Crippen MR) is 118 cm³/mol. The van der Waals surface area contributed by atoms with E-state index in [1.54, 1.807) is 47.1 Å². The first kappa shape index (κ1) is 20.7. The molecule has 164 valence electrons. The van der Waals surface area contributed by atoms with Crippen LogP contribution in [0.1, 0.15) is 26.4 Å². The second-order valence-corrected chi connectivity index (χ2v) is 7.65. The van der Waals surface area contributed by atoms with Gasteiger partial charge in [-0.2, -0.15) is 5.10 Å². The number of H-pyrrole nitrogens is 1. The van der Waals surface area contributed by atoms with Crippen LogP contribution in [-0.4, -0.2) is 21.9 Å². The Hall–Kier alpha value is -4.24. The lowest BCUT2D eigenvalue weighted by Gasteiger charge is -2.16. The molecule has 0 saturated carbocycles. The molecule has 0 radical (unpaired) electrons. The number of nitrogens with two attached hydrogens (primary N) is 1. The minimum absolute atomic E-state index is 0.0826. The maximum atomic E-state index is 13.9. The minimum Gasteiger partial charge on any atom is -0.488 e. The number of nitrogens with zero attached hydrogens (tertiary/aromatic N) is 2. The number of aromatic nitrogens is 3. The largest absolute Gasteiger partial charge is 0.488 e. The van der Waals surface area contributed by atoms with Gasteiger partial charge in [-0.05, 0) is 36.4 Å². The Kier molecular flexibility index (Phi) is 5.02. The number of rotatable bonds is 4. The van der Waals surface area contributed by atoms with Gasteiger partial charge < -0.3 is 15.8 Å². The first-order valence-electron chi connectivity index (χ1n) is 9.84. The number of ether oxygens (including phenoxy) is 1. The van der Waals surface area contributed by atoms with Crippen molar-refractivity contribution in [1.82, 2.24) is 10.1 Å². The van der Waals surface area contributed by atoms with Crippen LogP contribution in [0, 0.1) is 5.82 Å². The number of anilines is 1. The van der Waals surface area contributed by atoms with E-state index in [4.69, 9.17) is 22.1 Å². The summed E-state index contributed by atoms with van der Waals surface area (Å²) in [6.07, 6.45) is 1.49. The van der Waals surface area contributed by atoms with Crippen molar-refractivity contribution in [3.05, 3.63) is 88.6 Å². The number of halogens is 2. The smallest absolute Gasteiger partial charge is 0.271 e. The number of aromatic amines is 1. The lowest BCUT2D eigenvalue weighted by Crippen LogP contribution is -2.36. The van der Waals surface area contributed by atoms with Gasteiger partial charge in [-0.1, -0.05) is 22.3 Å². The van der Waals surface area contributed by atoms with Gasteiger partial charge >= 0.3 is 0 Å². The lowest BCUT2D eigenvalue weighted by atomic mass is 10.0. The predicted octanol–water partition coefficient (Wildman–Crippen LogP) is 3.39. The topological polar surface area (TPSA) is 114 Å². The van der Waals surface area contributed by atoms with Crippen LogP contribution >= 0.6 is 11.6 Å². The van der Waals surface area contributed by atoms with Crippen LogP contribution in [0.15, 0.2) is 60.8 Å². The van der Waals surface area contributed by atoms with Crippen LogP contribution in [0.4, 0.5) is 10.1 Å². The van der Waals surface area contributed by atoms with Crippen LogP contribution in [-0.2, 0) is 6.61 Å². The molecule has 10 heteroatoms. The number of primary amides is 1. The summed E-state index contributed by atoms with van der Waals surface area (Å²) >= 11 is 6.03. The molecule has 4 aromatic rings. The highest BCUT2D eigenvalue weighted by Crippen LogP contribution is 2.39. The number of carbonyl (C=O) groups excluding carboxylic acids is 2. The molecule has 1 aliphatic heterocycles. The van der Waals surface area contributed by atoms with Gasteiger partial charge in [0.05, 0.1) is 16.7 Å². The Labute approximate surface area is 191 Å². The average Bonchev–Trinajstić information content (AvgIpc) is 3.20. The summed E-state index contributed by atoms with van der Waals surface area (Å²) < 4.78 is 21.3. The molecule has 0 spiro atoms. The molecule has 0 atom stereocenters. The summed E-state index contributed by atoms with van der Waals surface area (Å²) in [6.45, 7) is 0.0937. The van der Waals surface area contributed by atoms with E-state index in [0.717, 1.165) is 0 Å². The van der Waals surface area contributed by atoms with Gasteiger partial charge in [0.2, 0.25) is 5.69 Å². The number of pyridine rings is 1. The fraction of sp³-hybridized carbons (Fsp3) is 0.0435. The number of carbonyl (C=O) groups is 2. The Bertz CT molecular complexity index is 1440. The number of amides is 2. The lowest BCUT2D eigenvalue weighted by molar-refractivity contribution is -0.645. The highest BCUT2D eigenvalue weighted by molar-refractivity contribution is 6.33. The minimum atomic E-state index is -0.677. The van der Waals surface area contributed by atoms with Crippen molar-refractivity contribution in [2.75, 3.05) is 5.32 Å². The van der Waals surface area contributed by atoms with E-state index < -0.39 is 17.6 Å². The maximum Gasteiger partial charge on any atom is 0.271 e. The van der Waals surface area contributed by atoms with E-state index in [9.17, 15) is 14.0 Å². The Morgan fingerprint density at radius 1 is 1.18 bits per heavy atom. The molecular formula is C23H16ClFN5O3+. The standard InChI is InChI=1S/C23H15ClFN5O3/c24-21-15(5-2-8-27-21)23(32)28-13-6-7-18-16(10-13)20-17(11-33-18)19(22(26)31)29-30(20)14-4-1-3-12(25)9-14/h1-10H,11H2,(H3,26,28,31,32)/p+1. The molecule has 0 bridgehead atoms. The second kappa shape index (κ2) is 8.03. The van der Waals surface area contributed by atoms with Gasteiger partial charge in [-0.25, -0.2) is 9.37 Å². The highest BCUT2D eigenvalue weighted by Gasteiger charge is 2.36. The molecular weight excluding hydrogens is 449 g/mol. The third kappa shape index (κ3) is 3.68. The molecule has 3 heterocycles. The summed E-state index contributed by atoms with van der Waals surface area (Å²) in [6, 6.07) is 14.2. The molecule has 2 aromatic carbocycles. The summed E-state index contributed by atoms with van der Waals surface area (Å²) in [4.78, 5) is 28.7. The van der Waals surface area contributed by atoms with Crippen LogP contribution in [0.2, 0.25) is 5.15 Å². The molecule has 5 rings (SSSR count). The summed E-state index contributed by atoms with van der Waals surface area (Å²) in [7, 11) is 0. The van der Waals surface area contributed by atoms with Gasteiger partial charge in [0.15, 0.2) is 5.69 Å². The van der Waals surface area contributed by atoms with Gasteiger partial charge in [0.1, 0.15) is 23.3 Å². The summed E-state index contributed by atoms with van der Waals surface area (Å²) in [5, 5.41) is 5.82. The van der Waals surface area contributed by atoms with Crippen LogP contribution < -0.4 is 20.5 Å². The Morgan fingerprint density at radius 2 is 2.03 bits per heavy atom. The van der Waals surface area contributed by atoms with E-state index >= 15 is 0 Å². The number of hydrogen-bond donors (Lipinski definition) is 3. The molecule has 1 aliphatic rings. The van der Waals surface area contributed by atoms with Crippen molar-refractivity contribution < 1.29 is 23.4 Å². The number of benzene rings is 2. The van der Waals surface area contributed by atoms with E-state index in [0.29, 0.717) is 33.9 Å². The van der Waals surface area contributed by atoms with E-state index in [1.807, 2.05) is 0 Å². The third-order valence-corrected chi connectivity index (χ3v) is 5.52. The fourth-order valence-corrected chi connectivity index (χ4v) is 3.95. The fourth-order valence-electron chi connectivity index (χ4n) is 3.75. The summed E-state index contributed by atoms with van der Waals surface area (Å²) in [5.74, 6) is -1.02. The highest BCUT2D eigenvalue weighted by atomic mass is 35.5. The molecule has 0 fully saturated rings. The van der Waals surface area contributed by atoms with Crippen LogP contribution in [0.5, 0.6) is 5.75 Å². The normalized spacial score (nSPS) is 11.8. The first-order chi connectivity index (χ1) is 15.9. The van der Waals surface area contributed by atoms with Gasteiger partial charge in [-0.15, -0.1) is 0 Å². The summed E-state index contributed by atoms with van der Waals surface area (Å²) in [5.41, 5.74) is 8.54. The van der Waals surface area contributed by atoms with Crippen molar-refractivity contribution >= 4 is 29.1 Å². The van der Waals surface area contributed by atoms with Crippen molar-refractivity contribution in [3.63, 3.8) is 0 Å². The van der Waals surface area contributed by atoms with Crippen LogP contribution in [0.3, 0.4) is 0 Å². The zero-order valence-electron chi connectivity index (χ0n) is 16.9. The molecule has 0 aliphatic carbocycles. The number of nitrogens with one attached hydrogen (secondary N) is 2. The average molecular weight is 465 g/mol. The van der Waals surface area contributed by atoms with Crippen LogP contribution in [0.25, 0.3) is 16.9 Å². The third-order valence-electron chi connectivity index (χ3n) is 5.22. The van der Waals surface area contributed by atoms with Gasteiger partial charge in [0.25, 0.3) is 17.5 Å². The van der Waals surface area contributed by atoms with E-state index in [1.165, 1.54) is 18.3 Å². The quantitative estimate of drug-likeness (QED) is 0.317. The Balaban J connectivity index is 1.62. The van der Waals surface area contributed by atoms with Crippen molar-refractivity contribution in [1.29, 1.82) is 0 Å². The number of hydrogen-bond acceptors (Lipinski definition) is 4. The molecule has 33 heavy (non-hydrogen) atoms. The van der Waals surface area contributed by atoms with Gasteiger partial charge in [-0.3, -0.25) is 9.59 Å². The zero-order chi connectivity index (χ0) is 23.1. The monoisotopic (exact) mass is 464 g/mol. The Morgan fingerprint density at radius 3 is 2.79 bits per heavy atom.